The molecular weight excluding hydrogens is 281 g/mol. The lowest BCUT2D eigenvalue weighted by molar-refractivity contribution is 0.0697. The molecule has 2 rings (SSSR count). The Morgan fingerprint density at radius 2 is 2.00 bits per heavy atom. The molecule has 1 heterocycles. The maximum absolute atomic E-state index is 10.5. The van der Waals surface area contributed by atoms with Crippen molar-refractivity contribution in [2.75, 3.05) is 11.5 Å². The van der Waals surface area contributed by atoms with E-state index >= 15 is 0 Å². The number of nitrogens with two attached hydrogens (primary N) is 2. The van der Waals surface area contributed by atoms with E-state index in [1.54, 1.807) is 0 Å². The predicted octanol–water partition coefficient (Wildman–Crippen LogP) is 1.66. The first-order valence-electron chi connectivity index (χ1n) is 4.50. The van der Waals surface area contributed by atoms with Gasteiger partial charge in [-0.05, 0) is 12.1 Å². The molecule has 0 bridgehead atoms. The number of aromatic carboxylic acids is 1. The molecule has 2 aromatic rings. The summed E-state index contributed by atoms with van der Waals surface area (Å²) in [7, 11) is 0. The number of rotatable bonds is 1. The molecule has 96 valence electrons. The molecular formula is C9H9Cl2N5O2. The fourth-order valence-corrected chi connectivity index (χ4v) is 1.40. The molecule has 0 saturated carbocycles. The number of hydrogen-bond acceptors (Lipinski definition) is 5. The highest BCUT2D eigenvalue weighted by Crippen LogP contribution is 2.27. The number of carboxylic acids is 1. The van der Waals surface area contributed by atoms with Crippen LogP contribution < -0.4 is 11.5 Å². The Kier molecular flexibility index (Phi) is 4.75. The number of carboxylic acid groups (broad SMARTS) is 1. The van der Waals surface area contributed by atoms with Crippen molar-refractivity contribution in [3.63, 3.8) is 0 Å². The van der Waals surface area contributed by atoms with Crippen LogP contribution in [0.15, 0.2) is 18.5 Å². The maximum Gasteiger partial charge on any atom is 0.337 e. The molecule has 0 radical (unpaired) electrons. The molecule has 0 unspecified atom stereocenters. The summed E-state index contributed by atoms with van der Waals surface area (Å²) in [6.45, 7) is 0. The smallest absolute Gasteiger partial charge is 0.337 e. The number of benzene rings is 1. The minimum absolute atomic E-state index is 0.0203. The summed E-state index contributed by atoms with van der Waals surface area (Å²) in [4.78, 5) is 14.1. The molecule has 0 aliphatic carbocycles. The lowest BCUT2D eigenvalue weighted by Crippen LogP contribution is -2.00. The van der Waals surface area contributed by atoms with Crippen LogP contribution in [0.2, 0.25) is 10.0 Å². The van der Waals surface area contributed by atoms with Crippen LogP contribution >= 0.6 is 23.2 Å². The van der Waals surface area contributed by atoms with E-state index in [0.717, 1.165) is 0 Å². The van der Waals surface area contributed by atoms with Gasteiger partial charge >= 0.3 is 5.97 Å². The van der Waals surface area contributed by atoms with Crippen LogP contribution in [0, 0.1) is 0 Å². The van der Waals surface area contributed by atoms with E-state index in [1.165, 1.54) is 18.5 Å². The number of nitrogen functional groups attached to an aromatic ring is 2. The molecule has 0 aliphatic rings. The van der Waals surface area contributed by atoms with Crippen molar-refractivity contribution < 1.29 is 9.90 Å². The molecule has 0 spiro atoms. The normalized spacial score (nSPS) is 9.44. The van der Waals surface area contributed by atoms with Crippen LogP contribution in [0.1, 0.15) is 10.4 Å². The fourth-order valence-electron chi connectivity index (χ4n) is 0.981. The summed E-state index contributed by atoms with van der Waals surface area (Å²) >= 11 is 11.2. The summed E-state index contributed by atoms with van der Waals surface area (Å²) in [6.07, 6.45) is 1.36. The van der Waals surface area contributed by atoms with E-state index in [0.29, 0.717) is 5.95 Å². The van der Waals surface area contributed by atoms with Crippen LogP contribution in [-0.4, -0.2) is 26.3 Å². The van der Waals surface area contributed by atoms with Gasteiger partial charge in [-0.15, -0.1) is 0 Å². The molecule has 1 aromatic carbocycles. The molecule has 6 N–H and O–H groups in total. The number of nitrogens with zero attached hydrogens (tertiary/aromatic N) is 2. The number of hydrogen-bond donors (Lipinski definition) is 4. The van der Waals surface area contributed by atoms with Gasteiger partial charge in [-0.25, -0.2) is 14.9 Å². The van der Waals surface area contributed by atoms with Gasteiger partial charge in [0.25, 0.3) is 0 Å². The first kappa shape index (κ1) is 14.1. The largest absolute Gasteiger partial charge is 0.478 e. The Morgan fingerprint density at radius 3 is 2.39 bits per heavy atom. The molecule has 18 heavy (non-hydrogen) atoms. The Bertz CT molecular complexity index is 544. The van der Waals surface area contributed by atoms with Crippen molar-refractivity contribution in [1.29, 1.82) is 0 Å². The molecule has 7 nitrogen and oxygen atoms in total. The number of aromatic amines is 1. The highest BCUT2D eigenvalue weighted by atomic mass is 35.5. The van der Waals surface area contributed by atoms with Crippen molar-refractivity contribution >= 4 is 40.8 Å². The zero-order valence-corrected chi connectivity index (χ0v) is 10.4. The standard InChI is InChI=1S/C7H5Cl2NO2.C2H4N4/c8-3-1-4(7(11)12)6(9)5(10)2-3;3-2-4-1-5-6-2/h1-2H,10H2,(H,11,12);1H,(H3,3,4,5,6). The van der Waals surface area contributed by atoms with Crippen molar-refractivity contribution in [1.82, 2.24) is 15.2 Å². The van der Waals surface area contributed by atoms with Crippen LogP contribution in [0.25, 0.3) is 0 Å². The summed E-state index contributed by atoms with van der Waals surface area (Å²) in [5, 5.41) is 14.8. The highest BCUT2D eigenvalue weighted by Gasteiger charge is 2.11. The van der Waals surface area contributed by atoms with Crippen LogP contribution in [0.4, 0.5) is 11.6 Å². The average molecular weight is 290 g/mol. The van der Waals surface area contributed by atoms with Gasteiger partial charge in [-0.1, -0.05) is 23.2 Å². The lowest BCUT2D eigenvalue weighted by atomic mass is 10.2. The number of nitrogens with one attached hydrogen (secondary N) is 1. The summed E-state index contributed by atoms with van der Waals surface area (Å²) in [5.41, 5.74) is 10.5. The van der Waals surface area contributed by atoms with E-state index in [1.807, 2.05) is 0 Å². The molecule has 0 atom stereocenters. The van der Waals surface area contributed by atoms with E-state index in [4.69, 9.17) is 39.8 Å². The van der Waals surface area contributed by atoms with Gasteiger partial charge in [0.05, 0.1) is 16.3 Å². The van der Waals surface area contributed by atoms with Gasteiger partial charge in [0.2, 0.25) is 5.95 Å². The van der Waals surface area contributed by atoms with Crippen LogP contribution in [-0.2, 0) is 0 Å². The quantitative estimate of drug-likeness (QED) is 0.591. The van der Waals surface area contributed by atoms with E-state index in [9.17, 15) is 4.79 Å². The number of H-pyrrole nitrogens is 1. The molecule has 9 heteroatoms. The Hall–Kier alpha value is -1.99. The Labute approximate surface area is 112 Å². The van der Waals surface area contributed by atoms with Gasteiger partial charge in [0.15, 0.2) is 0 Å². The van der Waals surface area contributed by atoms with Crippen molar-refractivity contribution in [2.24, 2.45) is 0 Å². The first-order valence-corrected chi connectivity index (χ1v) is 5.26. The topological polar surface area (TPSA) is 131 Å². The van der Waals surface area contributed by atoms with Gasteiger partial charge < -0.3 is 16.6 Å². The number of anilines is 2. The van der Waals surface area contributed by atoms with Crippen molar-refractivity contribution in [3.8, 4) is 0 Å². The monoisotopic (exact) mass is 289 g/mol. The summed E-state index contributed by atoms with van der Waals surface area (Å²) in [6, 6.07) is 2.65. The third kappa shape index (κ3) is 3.79. The molecule has 0 saturated heterocycles. The van der Waals surface area contributed by atoms with Gasteiger partial charge in [0.1, 0.15) is 6.33 Å². The molecule has 0 fully saturated rings. The Balaban J connectivity index is 0.000000225. The van der Waals surface area contributed by atoms with Gasteiger partial charge in [-0.3, -0.25) is 0 Å². The van der Waals surface area contributed by atoms with Gasteiger partial charge in [0, 0.05) is 5.02 Å². The highest BCUT2D eigenvalue weighted by molar-refractivity contribution is 6.37. The zero-order valence-electron chi connectivity index (χ0n) is 8.89. The molecule has 0 amide bonds. The van der Waals surface area contributed by atoms with Crippen LogP contribution in [0.5, 0.6) is 0 Å². The lowest BCUT2D eigenvalue weighted by Gasteiger charge is -2.02. The molecule has 0 aliphatic heterocycles. The third-order valence-corrected chi connectivity index (χ3v) is 2.37. The second-order valence-electron chi connectivity index (χ2n) is 3.03. The minimum Gasteiger partial charge on any atom is -0.478 e. The Morgan fingerprint density at radius 1 is 1.33 bits per heavy atom. The summed E-state index contributed by atoms with van der Waals surface area (Å²) in [5.74, 6) is -0.788. The first-order chi connectivity index (χ1) is 8.41. The predicted molar refractivity (Wildman–Crippen MR) is 68.6 cm³/mol. The SMILES string of the molecule is Nc1cc(Cl)cc(C(=O)O)c1Cl.Nc1ncn[nH]1. The maximum atomic E-state index is 10.5. The van der Waals surface area contributed by atoms with Crippen LogP contribution in [0.3, 0.4) is 0 Å². The van der Waals surface area contributed by atoms with Crippen molar-refractivity contribution in [2.45, 2.75) is 0 Å². The number of halogens is 2. The average Bonchev–Trinajstić information content (AvgIpc) is 2.75. The molecule has 1 aromatic heterocycles. The van der Waals surface area contributed by atoms with E-state index in [2.05, 4.69) is 15.2 Å². The number of carbonyl (C=O) groups is 1. The van der Waals surface area contributed by atoms with Gasteiger partial charge in [-0.2, -0.15) is 5.10 Å². The third-order valence-electron chi connectivity index (χ3n) is 1.73. The number of aromatic nitrogens is 3. The van der Waals surface area contributed by atoms with E-state index in [-0.39, 0.29) is 21.3 Å². The second-order valence-corrected chi connectivity index (χ2v) is 3.85. The minimum atomic E-state index is -1.14. The zero-order chi connectivity index (χ0) is 13.7. The summed E-state index contributed by atoms with van der Waals surface area (Å²) < 4.78 is 0. The fraction of sp³-hybridized carbons (Fsp3) is 0. The van der Waals surface area contributed by atoms with E-state index < -0.39 is 5.97 Å². The van der Waals surface area contributed by atoms with Crippen molar-refractivity contribution in [3.05, 3.63) is 34.1 Å². The second kappa shape index (κ2) is 6.08.